The Kier molecular flexibility index (Phi) is 5.32. The molecule has 2 aromatic rings. The van der Waals surface area contributed by atoms with Crippen LogP contribution < -0.4 is 5.32 Å². The van der Waals surface area contributed by atoms with E-state index in [1.165, 1.54) is 4.68 Å². The quantitative estimate of drug-likeness (QED) is 0.466. The Balaban J connectivity index is 1.76. The number of nitro groups is 1. The summed E-state index contributed by atoms with van der Waals surface area (Å²) in [6.07, 6.45) is 3.58. The highest BCUT2D eigenvalue weighted by Gasteiger charge is 2.17. The first kappa shape index (κ1) is 16.9. The zero-order chi connectivity index (χ0) is 17.0. The smallest absolute Gasteiger partial charge is 0.309 e. The average molecular weight is 341 g/mol. The highest BCUT2D eigenvalue weighted by molar-refractivity contribution is 6.31. The highest BCUT2D eigenvalue weighted by Crippen LogP contribution is 2.15. The van der Waals surface area contributed by atoms with E-state index in [4.69, 9.17) is 11.6 Å². The second-order valence-electron chi connectivity index (χ2n) is 5.06. The van der Waals surface area contributed by atoms with Crippen LogP contribution in [0.1, 0.15) is 17.8 Å². The number of nitrogens with one attached hydrogen (secondary N) is 1. The SMILES string of the molecule is Cc1nn(CCCNC(=O)Cn2ncc([N+](=O)[O-])c2C)cc1Cl. The molecule has 2 heterocycles. The molecule has 0 saturated carbocycles. The van der Waals surface area contributed by atoms with Crippen LogP contribution >= 0.6 is 11.6 Å². The lowest BCUT2D eigenvalue weighted by atomic mass is 10.4. The first-order chi connectivity index (χ1) is 10.9. The number of nitrogens with zero attached hydrogens (tertiary/aromatic N) is 5. The fourth-order valence-electron chi connectivity index (χ4n) is 2.04. The third-order valence-electron chi connectivity index (χ3n) is 3.34. The number of aromatic nitrogens is 4. The minimum absolute atomic E-state index is 0.0492. The van der Waals surface area contributed by atoms with Crippen LogP contribution in [0.25, 0.3) is 0 Å². The average Bonchev–Trinajstić information content (AvgIpc) is 2.99. The van der Waals surface area contributed by atoms with E-state index < -0.39 is 4.92 Å². The van der Waals surface area contributed by atoms with Gasteiger partial charge in [0.15, 0.2) is 0 Å². The van der Waals surface area contributed by atoms with Crippen molar-refractivity contribution >= 4 is 23.2 Å². The van der Waals surface area contributed by atoms with Gasteiger partial charge in [-0.25, -0.2) is 0 Å². The maximum absolute atomic E-state index is 11.8. The number of halogens is 1. The minimum atomic E-state index is -0.520. The van der Waals surface area contributed by atoms with Gasteiger partial charge >= 0.3 is 5.69 Å². The molecule has 10 heteroatoms. The molecule has 0 radical (unpaired) electrons. The van der Waals surface area contributed by atoms with E-state index in [1.54, 1.807) is 17.8 Å². The monoisotopic (exact) mass is 340 g/mol. The van der Waals surface area contributed by atoms with Crippen LogP contribution in [0.15, 0.2) is 12.4 Å². The molecule has 0 atom stereocenters. The lowest BCUT2D eigenvalue weighted by Gasteiger charge is -2.06. The lowest BCUT2D eigenvalue weighted by Crippen LogP contribution is -2.29. The van der Waals surface area contributed by atoms with Gasteiger partial charge in [0.25, 0.3) is 0 Å². The van der Waals surface area contributed by atoms with Crippen molar-refractivity contribution in [1.29, 1.82) is 0 Å². The van der Waals surface area contributed by atoms with Gasteiger partial charge in [-0.05, 0) is 20.3 Å². The Morgan fingerprint density at radius 1 is 1.48 bits per heavy atom. The molecule has 0 aliphatic rings. The molecule has 23 heavy (non-hydrogen) atoms. The van der Waals surface area contributed by atoms with E-state index in [-0.39, 0.29) is 18.1 Å². The Hall–Kier alpha value is -2.42. The minimum Gasteiger partial charge on any atom is -0.354 e. The summed E-state index contributed by atoms with van der Waals surface area (Å²) in [6.45, 7) is 4.44. The van der Waals surface area contributed by atoms with Crippen molar-refractivity contribution in [2.75, 3.05) is 6.54 Å². The standard InChI is InChI=1S/C13H17ClN6O3/c1-9-11(14)7-18(17-9)5-3-4-15-13(21)8-19-10(2)12(6-16-19)20(22)23/h6-7H,3-5,8H2,1-2H3,(H,15,21). The van der Waals surface area contributed by atoms with Crippen molar-refractivity contribution in [3.63, 3.8) is 0 Å². The zero-order valence-corrected chi connectivity index (χ0v) is 13.6. The molecule has 1 N–H and O–H groups in total. The summed E-state index contributed by atoms with van der Waals surface area (Å²) in [6, 6.07) is 0. The van der Waals surface area contributed by atoms with Crippen LogP contribution in [0.4, 0.5) is 5.69 Å². The molecule has 0 bridgehead atoms. The van der Waals surface area contributed by atoms with Gasteiger partial charge in [-0.2, -0.15) is 10.2 Å². The number of carbonyl (C=O) groups excluding carboxylic acids is 1. The number of hydrogen-bond acceptors (Lipinski definition) is 5. The molecule has 2 aromatic heterocycles. The number of amides is 1. The van der Waals surface area contributed by atoms with Gasteiger partial charge in [0.1, 0.15) is 18.4 Å². The third kappa shape index (κ3) is 4.28. The molecule has 0 fully saturated rings. The van der Waals surface area contributed by atoms with Crippen LogP contribution in [0.5, 0.6) is 0 Å². The van der Waals surface area contributed by atoms with Crippen molar-refractivity contribution < 1.29 is 9.72 Å². The third-order valence-corrected chi connectivity index (χ3v) is 3.71. The first-order valence-electron chi connectivity index (χ1n) is 7.01. The molecule has 124 valence electrons. The predicted molar refractivity (Wildman–Crippen MR) is 83.2 cm³/mol. The molecule has 1 amide bonds. The summed E-state index contributed by atoms with van der Waals surface area (Å²) in [5, 5.41) is 22.2. The van der Waals surface area contributed by atoms with E-state index in [0.717, 1.165) is 11.9 Å². The molecule has 9 nitrogen and oxygen atoms in total. The van der Waals surface area contributed by atoms with Crippen LogP contribution in [-0.4, -0.2) is 36.9 Å². The number of rotatable bonds is 7. The van der Waals surface area contributed by atoms with E-state index in [1.807, 2.05) is 6.92 Å². The van der Waals surface area contributed by atoms with Crippen LogP contribution in [0.3, 0.4) is 0 Å². The number of hydrogen-bond donors (Lipinski definition) is 1. The Labute approximate surface area is 137 Å². The largest absolute Gasteiger partial charge is 0.354 e. The summed E-state index contributed by atoms with van der Waals surface area (Å²) in [5.74, 6) is -0.249. The summed E-state index contributed by atoms with van der Waals surface area (Å²) in [7, 11) is 0. The van der Waals surface area contributed by atoms with E-state index in [9.17, 15) is 14.9 Å². The Bertz CT molecular complexity index is 704. The van der Waals surface area contributed by atoms with Gasteiger partial charge in [0.05, 0.1) is 15.6 Å². The summed E-state index contributed by atoms with van der Waals surface area (Å²) < 4.78 is 3.04. The predicted octanol–water partition coefficient (Wildman–Crippen LogP) is 1.46. The van der Waals surface area contributed by atoms with E-state index in [0.29, 0.717) is 30.2 Å². The molecular weight excluding hydrogens is 324 g/mol. The van der Waals surface area contributed by atoms with Gasteiger partial charge in [-0.3, -0.25) is 24.3 Å². The van der Waals surface area contributed by atoms with Gasteiger partial charge in [0, 0.05) is 19.3 Å². The van der Waals surface area contributed by atoms with E-state index >= 15 is 0 Å². The van der Waals surface area contributed by atoms with Gasteiger partial charge in [-0.15, -0.1) is 0 Å². The molecule has 0 spiro atoms. The molecule has 0 aliphatic heterocycles. The van der Waals surface area contributed by atoms with Crippen molar-refractivity contribution in [2.45, 2.75) is 33.4 Å². The lowest BCUT2D eigenvalue weighted by molar-refractivity contribution is -0.385. The molecular formula is C13H17ClN6O3. The first-order valence-corrected chi connectivity index (χ1v) is 7.39. The number of carbonyl (C=O) groups is 1. The highest BCUT2D eigenvalue weighted by atomic mass is 35.5. The summed E-state index contributed by atoms with van der Waals surface area (Å²) in [4.78, 5) is 22.0. The van der Waals surface area contributed by atoms with Crippen LogP contribution in [0.2, 0.25) is 5.02 Å². The van der Waals surface area contributed by atoms with Gasteiger partial charge in [0.2, 0.25) is 5.91 Å². The Morgan fingerprint density at radius 3 is 2.78 bits per heavy atom. The zero-order valence-electron chi connectivity index (χ0n) is 12.8. The Morgan fingerprint density at radius 2 is 2.22 bits per heavy atom. The van der Waals surface area contributed by atoms with E-state index in [2.05, 4.69) is 15.5 Å². The van der Waals surface area contributed by atoms with Gasteiger partial charge < -0.3 is 5.32 Å². The number of aryl methyl sites for hydroxylation is 2. The molecule has 0 aromatic carbocycles. The molecule has 0 saturated heterocycles. The maximum atomic E-state index is 11.8. The summed E-state index contributed by atoms with van der Waals surface area (Å²) >= 11 is 5.91. The van der Waals surface area contributed by atoms with Crippen LogP contribution in [0, 0.1) is 24.0 Å². The van der Waals surface area contributed by atoms with Crippen molar-refractivity contribution in [3.8, 4) is 0 Å². The fraction of sp³-hybridized carbons (Fsp3) is 0.462. The summed E-state index contributed by atoms with van der Waals surface area (Å²) in [5.41, 5.74) is 1.03. The van der Waals surface area contributed by atoms with Crippen molar-refractivity contribution in [3.05, 3.63) is 38.9 Å². The maximum Gasteiger partial charge on any atom is 0.309 e. The van der Waals surface area contributed by atoms with Crippen molar-refractivity contribution in [2.24, 2.45) is 0 Å². The van der Waals surface area contributed by atoms with Crippen LogP contribution in [-0.2, 0) is 17.9 Å². The molecule has 0 aliphatic carbocycles. The topological polar surface area (TPSA) is 108 Å². The fourth-order valence-corrected chi connectivity index (χ4v) is 2.19. The van der Waals surface area contributed by atoms with Crippen molar-refractivity contribution in [1.82, 2.24) is 24.9 Å². The second-order valence-corrected chi connectivity index (χ2v) is 5.47. The normalized spacial score (nSPS) is 10.7. The molecule has 2 rings (SSSR count). The second kappa shape index (κ2) is 7.23. The van der Waals surface area contributed by atoms with Gasteiger partial charge in [-0.1, -0.05) is 11.6 Å². The molecule has 0 unspecified atom stereocenters.